The highest BCUT2D eigenvalue weighted by molar-refractivity contribution is 5.98. The van der Waals surface area contributed by atoms with E-state index in [-0.39, 0.29) is 6.10 Å². The zero-order valence-corrected chi connectivity index (χ0v) is 16.6. The summed E-state index contributed by atoms with van der Waals surface area (Å²) < 4.78 is 15.7. The van der Waals surface area contributed by atoms with E-state index in [1.165, 1.54) is 19.8 Å². The first-order chi connectivity index (χ1) is 13.6. The Kier molecular flexibility index (Phi) is 6.52. The van der Waals surface area contributed by atoms with Crippen LogP contribution in [-0.2, 0) is 30.2 Å². The minimum Gasteiger partial charge on any atom is -0.466 e. The summed E-state index contributed by atoms with van der Waals surface area (Å²) in [5.41, 5.74) is 2.86. The highest BCUT2D eigenvalue weighted by atomic mass is 16.5. The zero-order chi connectivity index (χ0) is 20.1. The molecule has 0 amide bonds. The monoisotopic (exact) mass is 385 g/mol. The second-order valence-electron chi connectivity index (χ2n) is 7.01. The summed E-state index contributed by atoms with van der Waals surface area (Å²) in [7, 11) is 2.70. The summed E-state index contributed by atoms with van der Waals surface area (Å²) >= 11 is 0. The number of rotatable bonds is 6. The van der Waals surface area contributed by atoms with Crippen LogP contribution < -0.4 is 0 Å². The van der Waals surface area contributed by atoms with Crippen molar-refractivity contribution in [2.24, 2.45) is 0 Å². The molecule has 1 unspecified atom stereocenters. The molecule has 1 aromatic carbocycles. The summed E-state index contributed by atoms with van der Waals surface area (Å²) in [6.07, 6.45) is 6.49. The number of esters is 2. The number of nitrogens with zero attached hydrogens (tertiary/aromatic N) is 1. The summed E-state index contributed by atoms with van der Waals surface area (Å²) in [6.45, 7) is 3.40. The van der Waals surface area contributed by atoms with Gasteiger partial charge in [0.1, 0.15) is 0 Å². The van der Waals surface area contributed by atoms with Gasteiger partial charge >= 0.3 is 11.9 Å². The first-order valence-electron chi connectivity index (χ1n) is 9.63. The Balaban J connectivity index is 2.00. The van der Waals surface area contributed by atoms with Crippen LogP contribution in [0.4, 0.5) is 0 Å². The van der Waals surface area contributed by atoms with E-state index in [1.54, 1.807) is 12.4 Å². The van der Waals surface area contributed by atoms with E-state index in [4.69, 9.17) is 14.2 Å². The Morgan fingerprint density at radius 3 is 2.14 bits per heavy atom. The second kappa shape index (κ2) is 9.06. The van der Waals surface area contributed by atoms with Crippen molar-refractivity contribution in [3.05, 3.63) is 58.9 Å². The third-order valence-electron chi connectivity index (χ3n) is 5.23. The lowest BCUT2D eigenvalue weighted by Crippen LogP contribution is -2.32. The average molecular weight is 385 g/mol. The van der Waals surface area contributed by atoms with Crippen molar-refractivity contribution < 1.29 is 23.8 Å². The lowest BCUT2D eigenvalue weighted by molar-refractivity contribution is -0.137. The third kappa shape index (κ3) is 4.28. The quantitative estimate of drug-likeness (QED) is 0.702. The Labute approximate surface area is 165 Å². The Bertz CT molecular complexity index is 741. The highest BCUT2D eigenvalue weighted by Gasteiger charge is 2.35. The van der Waals surface area contributed by atoms with Crippen LogP contribution in [-0.4, -0.2) is 50.3 Å². The Morgan fingerprint density at radius 2 is 1.68 bits per heavy atom. The molecule has 0 spiro atoms. The molecular formula is C22H27NO5. The van der Waals surface area contributed by atoms with E-state index in [0.717, 1.165) is 31.4 Å². The van der Waals surface area contributed by atoms with Crippen LogP contribution in [0.25, 0.3) is 0 Å². The minimum atomic E-state index is -0.536. The number of ether oxygens (including phenoxy) is 3. The molecule has 0 aromatic heterocycles. The normalized spacial score (nSPS) is 19.8. The van der Waals surface area contributed by atoms with Crippen LogP contribution in [0, 0.1) is 0 Å². The van der Waals surface area contributed by atoms with Crippen LogP contribution in [0.2, 0.25) is 0 Å². The van der Waals surface area contributed by atoms with Gasteiger partial charge in [-0.05, 0) is 30.4 Å². The largest absolute Gasteiger partial charge is 0.466 e. The fourth-order valence-corrected chi connectivity index (χ4v) is 3.72. The SMILES string of the molecule is CCc1ccc(C2C(C(=O)OC)=CN(CC3CCCO3)C=C2C(=O)OC)cc1. The van der Waals surface area contributed by atoms with E-state index in [9.17, 15) is 9.59 Å². The molecule has 0 radical (unpaired) electrons. The fraction of sp³-hybridized carbons (Fsp3) is 0.455. The van der Waals surface area contributed by atoms with Gasteiger partial charge in [0.2, 0.25) is 0 Å². The Morgan fingerprint density at radius 1 is 1.07 bits per heavy atom. The van der Waals surface area contributed by atoms with E-state index in [2.05, 4.69) is 6.92 Å². The minimum absolute atomic E-state index is 0.0747. The molecular weight excluding hydrogens is 358 g/mol. The van der Waals surface area contributed by atoms with Crippen molar-refractivity contribution in [1.82, 2.24) is 4.90 Å². The standard InChI is InChI=1S/C22H27NO5/c1-4-15-7-9-16(10-8-15)20-18(21(24)26-2)13-23(12-17-6-5-11-28-17)14-19(20)22(25)27-3/h7-10,13-14,17,20H,4-6,11-12H2,1-3H3. The van der Waals surface area contributed by atoms with Crippen LogP contribution in [0.1, 0.15) is 36.8 Å². The lowest BCUT2D eigenvalue weighted by Gasteiger charge is -2.31. The first-order valence-corrected chi connectivity index (χ1v) is 9.63. The smallest absolute Gasteiger partial charge is 0.336 e. The molecule has 1 aromatic rings. The van der Waals surface area contributed by atoms with Crippen molar-refractivity contribution in [3.63, 3.8) is 0 Å². The molecule has 6 nitrogen and oxygen atoms in total. The fourth-order valence-electron chi connectivity index (χ4n) is 3.72. The molecule has 6 heteroatoms. The molecule has 1 saturated heterocycles. The van der Waals surface area contributed by atoms with Crippen molar-refractivity contribution in [1.29, 1.82) is 0 Å². The number of carbonyl (C=O) groups excluding carboxylic acids is 2. The van der Waals surface area contributed by atoms with Gasteiger partial charge in [-0.1, -0.05) is 31.2 Å². The van der Waals surface area contributed by atoms with Gasteiger partial charge in [-0.15, -0.1) is 0 Å². The molecule has 0 saturated carbocycles. The molecule has 150 valence electrons. The van der Waals surface area contributed by atoms with Gasteiger partial charge in [0, 0.05) is 25.6 Å². The summed E-state index contributed by atoms with van der Waals surface area (Å²) in [4.78, 5) is 27.0. The maximum absolute atomic E-state index is 12.6. The van der Waals surface area contributed by atoms with Gasteiger partial charge in [0.25, 0.3) is 0 Å². The maximum atomic E-state index is 12.6. The van der Waals surface area contributed by atoms with E-state index in [0.29, 0.717) is 17.7 Å². The topological polar surface area (TPSA) is 65.1 Å². The predicted molar refractivity (Wildman–Crippen MR) is 104 cm³/mol. The van der Waals surface area contributed by atoms with Gasteiger partial charge in [-0.25, -0.2) is 9.59 Å². The number of hydrogen-bond donors (Lipinski definition) is 0. The van der Waals surface area contributed by atoms with Crippen molar-refractivity contribution in [2.45, 2.75) is 38.2 Å². The molecule has 0 aliphatic carbocycles. The first kappa shape index (κ1) is 20.1. The van der Waals surface area contributed by atoms with Gasteiger partial charge in [0.05, 0.1) is 37.4 Å². The molecule has 3 rings (SSSR count). The van der Waals surface area contributed by atoms with Crippen molar-refractivity contribution in [2.75, 3.05) is 27.4 Å². The average Bonchev–Trinajstić information content (AvgIpc) is 3.25. The van der Waals surface area contributed by atoms with Crippen LogP contribution >= 0.6 is 0 Å². The summed E-state index contributed by atoms with van der Waals surface area (Å²) in [6, 6.07) is 7.93. The zero-order valence-electron chi connectivity index (χ0n) is 16.6. The molecule has 0 bridgehead atoms. The number of benzene rings is 1. The molecule has 2 aliphatic heterocycles. The van der Waals surface area contributed by atoms with Gasteiger partial charge < -0.3 is 19.1 Å². The lowest BCUT2D eigenvalue weighted by atomic mass is 9.83. The van der Waals surface area contributed by atoms with E-state index >= 15 is 0 Å². The molecule has 2 aliphatic rings. The van der Waals surface area contributed by atoms with E-state index < -0.39 is 17.9 Å². The van der Waals surface area contributed by atoms with Crippen LogP contribution in [0.3, 0.4) is 0 Å². The third-order valence-corrected chi connectivity index (χ3v) is 5.23. The van der Waals surface area contributed by atoms with Crippen molar-refractivity contribution in [3.8, 4) is 0 Å². The molecule has 2 heterocycles. The van der Waals surface area contributed by atoms with E-state index in [1.807, 2.05) is 29.2 Å². The van der Waals surface area contributed by atoms with Crippen molar-refractivity contribution >= 4 is 11.9 Å². The summed E-state index contributed by atoms with van der Waals surface area (Å²) in [5.74, 6) is -1.46. The second-order valence-corrected chi connectivity index (χ2v) is 7.01. The van der Waals surface area contributed by atoms with Crippen LogP contribution in [0.5, 0.6) is 0 Å². The maximum Gasteiger partial charge on any atom is 0.336 e. The highest BCUT2D eigenvalue weighted by Crippen LogP contribution is 2.37. The number of methoxy groups -OCH3 is 2. The Hall–Kier alpha value is -2.60. The van der Waals surface area contributed by atoms with Crippen LogP contribution in [0.15, 0.2) is 47.8 Å². The number of hydrogen-bond acceptors (Lipinski definition) is 6. The molecule has 28 heavy (non-hydrogen) atoms. The predicted octanol–water partition coefficient (Wildman–Crippen LogP) is 2.94. The summed E-state index contributed by atoms with van der Waals surface area (Å²) in [5, 5.41) is 0. The number of carbonyl (C=O) groups is 2. The van der Waals surface area contributed by atoms with Gasteiger partial charge in [-0.3, -0.25) is 0 Å². The van der Waals surface area contributed by atoms with Gasteiger partial charge in [-0.2, -0.15) is 0 Å². The van der Waals surface area contributed by atoms with Gasteiger partial charge in [0.15, 0.2) is 0 Å². The number of aryl methyl sites for hydroxylation is 1. The molecule has 1 atom stereocenters. The molecule has 1 fully saturated rings. The molecule has 0 N–H and O–H groups in total.